The lowest BCUT2D eigenvalue weighted by atomic mass is 10.2. The van der Waals surface area contributed by atoms with Crippen LogP contribution >= 0.6 is 15.9 Å². The van der Waals surface area contributed by atoms with Gasteiger partial charge < -0.3 is 4.74 Å². The van der Waals surface area contributed by atoms with E-state index in [1.54, 1.807) is 0 Å². The van der Waals surface area contributed by atoms with Gasteiger partial charge in [0, 0.05) is 10.9 Å². The molecule has 0 fully saturated rings. The molecular formula is C12H14BrNO. The van der Waals surface area contributed by atoms with Gasteiger partial charge in [-0.2, -0.15) is 5.26 Å². The fourth-order valence-corrected chi connectivity index (χ4v) is 1.56. The number of nitriles is 1. The highest BCUT2D eigenvalue weighted by Gasteiger charge is 1.99. The zero-order valence-electron chi connectivity index (χ0n) is 8.79. The summed E-state index contributed by atoms with van der Waals surface area (Å²) in [5, 5.41) is 8.37. The monoisotopic (exact) mass is 267 g/mol. The third-order valence-electron chi connectivity index (χ3n) is 2.09. The molecule has 0 atom stereocenters. The van der Waals surface area contributed by atoms with Crippen LogP contribution in [0, 0.1) is 18.3 Å². The molecule has 1 aromatic carbocycles. The van der Waals surface area contributed by atoms with Crippen LogP contribution in [0.15, 0.2) is 22.7 Å². The predicted octanol–water partition coefficient (Wildman–Crippen LogP) is 3.83. The summed E-state index contributed by atoms with van der Waals surface area (Å²) in [5.74, 6) is 0.918. The van der Waals surface area contributed by atoms with Crippen molar-refractivity contribution in [1.82, 2.24) is 0 Å². The summed E-state index contributed by atoms with van der Waals surface area (Å²) in [5.41, 5.74) is 1.14. The predicted molar refractivity (Wildman–Crippen MR) is 63.8 cm³/mol. The van der Waals surface area contributed by atoms with Crippen LogP contribution < -0.4 is 4.74 Å². The number of ether oxygens (including phenoxy) is 1. The van der Waals surface area contributed by atoms with E-state index >= 15 is 0 Å². The number of nitrogens with zero attached hydrogens (tertiary/aromatic N) is 1. The average molecular weight is 268 g/mol. The van der Waals surface area contributed by atoms with Crippen LogP contribution in [0.1, 0.15) is 24.8 Å². The molecule has 0 N–H and O–H groups in total. The molecule has 0 unspecified atom stereocenters. The van der Waals surface area contributed by atoms with Crippen LogP contribution in [0.3, 0.4) is 0 Å². The molecule has 1 rings (SSSR count). The third kappa shape index (κ3) is 4.35. The fourth-order valence-electron chi connectivity index (χ4n) is 1.22. The zero-order chi connectivity index (χ0) is 11.1. The Kier molecular flexibility index (Phi) is 5.20. The number of halogens is 1. The smallest absolute Gasteiger partial charge is 0.123 e. The lowest BCUT2D eigenvalue weighted by Gasteiger charge is -2.08. The normalized spacial score (nSPS) is 9.67. The molecule has 0 aliphatic carbocycles. The highest BCUT2D eigenvalue weighted by Crippen LogP contribution is 2.22. The summed E-state index contributed by atoms with van der Waals surface area (Å²) in [7, 11) is 0. The van der Waals surface area contributed by atoms with Gasteiger partial charge in [-0.05, 0) is 37.5 Å². The average Bonchev–Trinajstić information content (AvgIpc) is 2.23. The van der Waals surface area contributed by atoms with E-state index in [1.165, 1.54) is 0 Å². The van der Waals surface area contributed by atoms with E-state index in [-0.39, 0.29) is 0 Å². The summed E-state index contributed by atoms with van der Waals surface area (Å²) in [6.07, 6.45) is 2.45. The minimum atomic E-state index is 0.612. The molecule has 0 amide bonds. The SMILES string of the molecule is Cc1ccc(Br)cc1OCCCCC#N. The number of hydrogen-bond donors (Lipinski definition) is 0. The Morgan fingerprint density at radius 3 is 2.93 bits per heavy atom. The Morgan fingerprint density at radius 2 is 2.20 bits per heavy atom. The highest BCUT2D eigenvalue weighted by molar-refractivity contribution is 9.10. The van der Waals surface area contributed by atoms with Crippen molar-refractivity contribution < 1.29 is 4.74 Å². The maximum atomic E-state index is 8.37. The molecule has 1 aromatic rings. The van der Waals surface area contributed by atoms with Crippen molar-refractivity contribution in [2.75, 3.05) is 6.61 Å². The molecule has 0 aromatic heterocycles. The third-order valence-corrected chi connectivity index (χ3v) is 2.58. The number of benzene rings is 1. The number of hydrogen-bond acceptors (Lipinski definition) is 2. The van der Waals surface area contributed by atoms with Gasteiger partial charge in [-0.3, -0.25) is 0 Å². The summed E-state index contributed by atoms with van der Waals surface area (Å²) >= 11 is 3.41. The van der Waals surface area contributed by atoms with Crippen molar-refractivity contribution in [3.8, 4) is 11.8 Å². The summed E-state index contributed by atoms with van der Waals surface area (Å²) < 4.78 is 6.65. The van der Waals surface area contributed by atoms with Gasteiger partial charge in [-0.25, -0.2) is 0 Å². The van der Waals surface area contributed by atoms with E-state index in [4.69, 9.17) is 10.00 Å². The Morgan fingerprint density at radius 1 is 1.40 bits per heavy atom. The lowest BCUT2D eigenvalue weighted by molar-refractivity contribution is 0.305. The van der Waals surface area contributed by atoms with Gasteiger partial charge in [-0.15, -0.1) is 0 Å². The van der Waals surface area contributed by atoms with Crippen LogP contribution in [0.4, 0.5) is 0 Å². The fraction of sp³-hybridized carbons (Fsp3) is 0.417. The number of rotatable bonds is 5. The minimum absolute atomic E-state index is 0.612. The van der Waals surface area contributed by atoms with Crippen molar-refractivity contribution in [2.45, 2.75) is 26.2 Å². The van der Waals surface area contributed by atoms with Crippen molar-refractivity contribution in [1.29, 1.82) is 5.26 Å². The first-order valence-electron chi connectivity index (χ1n) is 5.00. The summed E-state index contributed by atoms with van der Waals surface area (Å²) in [6.45, 7) is 2.70. The van der Waals surface area contributed by atoms with Gasteiger partial charge in [0.15, 0.2) is 0 Å². The molecule has 0 aliphatic rings. The summed E-state index contributed by atoms with van der Waals surface area (Å²) in [4.78, 5) is 0. The Hall–Kier alpha value is -1.01. The largest absolute Gasteiger partial charge is 0.493 e. The second-order valence-electron chi connectivity index (χ2n) is 3.37. The molecule has 0 saturated carbocycles. The molecule has 0 aliphatic heterocycles. The van der Waals surface area contributed by atoms with E-state index in [2.05, 4.69) is 22.0 Å². The second-order valence-corrected chi connectivity index (χ2v) is 4.29. The molecular weight excluding hydrogens is 254 g/mol. The van der Waals surface area contributed by atoms with Crippen molar-refractivity contribution >= 4 is 15.9 Å². The molecule has 15 heavy (non-hydrogen) atoms. The Bertz CT molecular complexity index is 357. The van der Waals surface area contributed by atoms with Gasteiger partial charge in [0.2, 0.25) is 0 Å². The van der Waals surface area contributed by atoms with Gasteiger partial charge in [0.25, 0.3) is 0 Å². The van der Waals surface area contributed by atoms with Crippen LogP contribution in [-0.4, -0.2) is 6.61 Å². The van der Waals surface area contributed by atoms with Gasteiger partial charge in [0.1, 0.15) is 5.75 Å². The first-order valence-corrected chi connectivity index (χ1v) is 5.79. The Balaban J connectivity index is 2.37. The zero-order valence-corrected chi connectivity index (χ0v) is 10.4. The molecule has 0 radical (unpaired) electrons. The maximum absolute atomic E-state index is 8.37. The van der Waals surface area contributed by atoms with Gasteiger partial charge in [-0.1, -0.05) is 22.0 Å². The topological polar surface area (TPSA) is 33.0 Å². The van der Waals surface area contributed by atoms with Crippen LogP contribution in [0.5, 0.6) is 5.75 Å². The van der Waals surface area contributed by atoms with E-state index in [0.717, 1.165) is 28.6 Å². The molecule has 0 saturated heterocycles. The molecule has 2 nitrogen and oxygen atoms in total. The lowest BCUT2D eigenvalue weighted by Crippen LogP contribution is -1.98. The number of aryl methyl sites for hydroxylation is 1. The standard InChI is InChI=1S/C12H14BrNO/c1-10-5-6-11(13)9-12(10)15-8-4-2-3-7-14/h5-6,9H,2-4,8H2,1H3. The Labute approximate surface area is 99.0 Å². The van der Waals surface area contributed by atoms with Crippen molar-refractivity contribution in [2.24, 2.45) is 0 Å². The van der Waals surface area contributed by atoms with Crippen molar-refractivity contribution in [3.63, 3.8) is 0 Å². The van der Waals surface area contributed by atoms with Gasteiger partial charge in [0.05, 0.1) is 12.7 Å². The molecule has 3 heteroatoms. The molecule has 0 spiro atoms. The molecule has 0 heterocycles. The van der Waals surface area contributed by atoms with E-state index < -0.39 is 0 Å². The molecule has 80 valence electrons. The first-order chi connectivity index (χ1) is 7.24. The second kappa shape index (κ2) is 6.47. The van der Waals surface area contributed by atoms with Crippen LogP contribution in [-0.2, 0) is 0 Å². The highest BCUT2D eigenvalue weighted by atomic mass is 79.9. The van der Waals surface area contributed by atoms with Gasteiger partial charge >= 0.3 is 0 Å². The maximum Gasteiger partial charge on any atom is 0.123 e. The van der Waals surface area contributed by atoms with E-state index in [0.29, 0.717) is 13.0 Å². The summed E-state index contributed by atoms with van der Waals surface area (Å²) in [6, 6.07) is 8.12. The molecule has 0 bridgehead atoms. The minimum Gasteiger partial charge on any atom is -0.493 e. The number of unbranched alkanes of at least 4 members (excludes halogenated alkanes) is 2. The van der Waals surface area contributed by atoms with Crippen LogP contribution in [0.2, 0.25) is 0 Å². The van der Waals surface area contributed by atoms with E-state index in [9.17, 15) is 0 Å². The first kappa shape index (κ1) is 12.1. The van der Waals surface area contributed by atoms with E-state index in [1.807, 2.05) is 25.1 Å². The van der Waals surface area contributed by atoms with Crippen LogP contribution in [0.25, 0.3) is 0 Å². The quantitative estimate of drug-likeness (QED) is 0.760. The van der Waals surface area contributed by atoms with Crippen molar-refractivity contribution in [3.05, 3.63) is 28.2 Å².